The standard InChI is InChI=1S/C27H25NO5/c29-24(15-12-18-10-13-20(14-11-18)19-6-2-1-3-7-19)23(27(32)33)16-17-28-25(30)21-8-4-5-9-22(21)26(28)31/h1-11,13-14,23-24,29H,12,15-17H2,(H,32,33)/t23-,24-/m1/s1. The van der Waals surface area contributed by atoms with Crippen molar-refractivity contribution in [2.75, 3.05) is 6.54 Å². The summed E-state index contributed by atoms with van der Waals surface area (Å²) in [6, 6.07) is 24.5. The third-order valence-electron chi connectivity index (χ3n) is 6.11. The van der Waals surface area contributed by atoms with Crippen LogP contribution in [0.1, 0.15) is 39.1 Å². The van der Waals surface area contributed by atoms with Crippen molar-refractivity contribution in [1.82, 2.24) is 4.90 Å². The average molecular weight is 443 g/mol. The van der Waals surface area contributed by atoms with Crippen molar-refractivity contribution in [3.8, 4) is 11.1 Å². The van der Waals surface area contributed by atoms with Crippen molar-refractivity contribution in [3.05, 3.63) is 95.6 Å². The molecule has 0 saturated heterocycles. The minimum Gasteiger partial charge on any atom is -0.481 e. The van der Waals surface area contributed by atoms with Gasteiger partial charge >= 0.3 is 5.97 Å². The summed E-state index contributed by atoms with van der Waals surface area (Å²) in [7, 11) is 0. The van der Waals surface area contributed by atoms with Crippen molar-refractivity contribution in [3.63, 3.8) is 0 Å². The molecule has 0 fully saturated rings. The first-order chi connectivity index (χ1) is 16.0. The summed E-state index contributed by atoms with van der Waals surface area (Å²) in [6.07, 6.45) is -0.308. The zero-order valence-electron chi connectivity index (χ0n) is 18.1. The summed E-state index contributed by atoms with van der Waals surface area (Å²) in [5, 5.41) is 20.2. The lowest BCUT2D eigenvalue weighted by atomic mass is 9.93. The number of carbonyl (C=O) groups is 3. The average Bonchev–Trinajstić information content (AvgIpc) is 3.08. The van der Waals surface area contributed by atoms with Crippen LogP contribution in [0.4, 0.5) is 0 Å². The van der Waals surface area contributed by atoms with Gasteiger partial charge in [0, 0.05) is 6.54 Å². The van der Waals surface area contributed by atoms with Crippen molar-refractivity contribution in [2.24, 2.45) is 5.92 Å². The molecular weight excluding hydrogens is 418 g/mol. The molecule has 0 radical (unpaired) electrons. The number of aliphatic hydroxyl groups excluding tert-OH is 1. The van der Waals surface area contributed by atoms with E-state index >= 15 is 0 Å². The SMILES string of the molecule is O=C(O)[C@H](CCN1C(=O)c2ccccc2C1=O)[C@H](O)CCc1ccc(-c2ccccc2)cc1. The Hall–Kier alpha value is -3.77. The van der Waals surface area contributed by atoms with E-state index in [0.29, 0.717) is 17.5 Å². The molecule has 0 aromatic heterocycles. The first-order valence-corrected chi connectivity index (χ1v) is 11.0. The highest BCUT2D eigenvalue weighted by Crippen LogP contribution is 2.25. The number of aliphatic carboxylic acids is 1. The van der Waals surface area contributed by atoms with Gasteiger partial charge in [0.15, 0.2) is 0 Å². The van der Waals surface area contributed by atoms with E-state index in [1.54, 1.807) is 24.3 Å². The summed E-state index contributed by atoms with van der Waals surface area (Å²) in [5.41, 5.74) is 3.86. The van der Waals surface area contributed by atoms with Crippen LogP contribution in [0.15, 0.2) is 78.9 Å². The predicted molar refractivity (Wildman–Crippen MR) is 124 cm³/mol. The number of fused-ring (bicyclic) bond motifs is 1. The lowest BCUT2D eigenvalue weighted by molar-refractivity contribution is -0.146. The van der Waals surface area contributed by atoms with Crippen LogP contribution in [-0.2, 0) is 11.2 Å². The number of amides is 2. The maximum absolute atomic E-state index is 12.5. The molecule has 0 aliphatic carbocycles. The van der Waals surface area contributed by atoms with Crippen LogP contribution in [-0.4, -0.2) is 45.5 Å². The van der Waals surface area contributed by atoms with E-state index in [0.717, 1.165) is 21.6 Å². The second-order valence-electron chi connectivity index (χ2n) is 8.21. The normalized spacial score (nSPS) is 14.8. The summed E-state index contributed by atoms with van der Waals surface area (Å²) >= 11 is 0. The van der Waals surface area contributed by atoms with E-state index in [4.69, 9.17) is 0 Å². The van der Waals surface area contributed by atoms with Crippen LogP contribution in [0.3, 0.4) is 0 Å². The van der Waals surface area contributed by atoms with E-state index in [1.807, 2.05) is 54.6 Å². The fourth-order valence-corrected chi connectivity index (χ4v) is 4.20. The van der Waals surface area contributed by atoms with Crippen molar-refractivity contribution >= 4 is 17.8 Å². The van der Waals surface area contributed by atoms with E-state index in [9.17, 15) is 24.6 Å². The van der Waals surface area contributed by atoms with Gasteiger partial charge in [0.1, 0.15) is 0 Å². The zero-order chi connectivity index (χ0) is 23.4. The minimum atomic E-state index is -1.14. The van der Waals surface area contributed by atoms with Crippen molar-refractivity contribution in [2.45, 2.75) is 25.4 Å². The molecule has 2 N–H and O–H groups in total. The number of hydrogen-bond acceptors (Lipinski definition) is 4. The van der Waals surface area contributed by atoms with Crippen molar-refractivity contribution < 1.29 is 24.6 Å². The monoisotopic (exact) mass is 443 g/mol. The maximum Gasteiger partial charge on any atom is 0.309 e. The minimum absolute atomic E-state index is 0.00505. The first kappa shape index (κ1) is 22.4. The Morgan fingerprint density at radius 1 is 0.758 bits per heavy atom. The van der Waals surface area contributed by atoms with Crippen LogP contribution in [0.5, 0.6) is 0 Å². The summed E-state index contributed by atoms with van der Waals surface area (Å²) in [4.78, 5) is 37.8. The molecule has 3 aromatic carbocycles. The lowest BCUT2D eigenvalue weighted by Crippen LogP contribution is -2.36. The van der Waals surface area contributed by atoms with Gasteiger partial charge in [0.05, 0.1) is 23.1 Å². The number of carboxylic acids is 1. The fourth-order valence-electron chi connectivity index (χ4n) is 4.20. The van der Waals surface area contributed by atoms with Crippen LogP contribution >= 0.6 is 0 Å². The Morgan fingerprint density at radius 2 is 1.30 bits per heavy atom. The molecule has 1 aliphatic heterocycles. The summed E-state index contributed by atoms with van der Waals surface area (Å²) in [6.45, 7) is -0.0495. The second-order valence-corrected chi connectivity index (χ2v) is 8.21. The molecule has 4 rings (SSSR count). The van der Waals surface area contributed by atoms with Gasteiger partial charge < -0.3 is 10.2 Å². The number of aliphatic hydroxyl groups is 1. The molecule has 3 aromatic rings. The predicted octanol–water partition coefficient (Wildman–Crippen LogP) is 4.03. The van der Waals surface area contributed by atoms with Crippen LogP contribution in [0.2, 0.25) is 0 Å². The number of nitrogens with zero attached hydrogens (tertiary/aromatic N) is 1. The van der Waals surface area contributed by atoms with Crippen molar-refractivity contribution in [1.29, 1.82) is 0 Å². The molecule has 2 atom stereocenters. The lowest BCUT2D eigenvalue weighted by Gasteiger charge is -2.22. The van der Waals surface area contributed by atoms with Gasteiger partial charge in [-0.25, -0.2) is 0 Å². The van der Waals surface area contributed by atoms with E-state index in [2.05, 4.69) is 0 Å². The highest BCUT2D eigenvalue weighted by molar-refractivity contribution is 6.21. The first-order valence-electron chi connectivity index (χ1n) is 11.0. The van der Waals surface area contributed by atoms with E-state index < -0.39 is 29.8 Å². The van der Waals surface area contributed by atoms with Gasteiger partial charge in [0.25, 0.3) is 11.8 Å². The number of rotatable bonds is 9. The van der Waals surface area contributed by atoms with Gasteiger partial charge in [-0.15, -0.1) is 0 Å². The van der Waals surface area contributed by atoms with Gasteiger partial charge in [-0.2, -0.15) is 0 Å². The van der Waals surface area contributed by atoms with Crippen LogP contribution in [0, 0.1) is 5.92 Å². The molecule has 33 heavy (non-hydrogen) atoms. The molecule has 0 saturated carbocycles. The number of benzene rings is 3. The molecule has 1 aliphatic rings. The van der Waals surface area contributed by atoms with Gasteiger partial charge in [-0.05, 0) is 48.1 Å². The maximum atomic E-state index is 12.5. The zero-order valence-corrected chi connectivity index (χ0v) is 18.1. The largest absolute Gasteiger partial charge is 0.481 e. The molecule has 6 heteroatoms. The molecule has 0 bridgehead atoms. The van der Waals surface area contributed by atoms with E-state index in [1.165, 1.54) is 0 Å². The number of hydrogen-bond donors (Lipinski definition) is 2. The topological polar surface area (TPSA) is 94.9 Å². The Balaban J connectivity index is 1.34. The molecule has 2 amide bonds. The molecule has 6 nitrogen and oxygen atoms in total. The molecular formula is C27H25NO5. The number of carboxylic acid groups (broad SMARTS) is 1. The molecule has 168 valence electrons. The smallest absolute Gasteiger partial charge is 0.309 e. The number of imide groups is 1. The molecule has 1 heterocycles. The second kappa shape index (κ2) is 9.79. The van der Waals surface area contributed by atoms with Crippen LogP contribution < -0.4 is 0 Å². The number of carbonyl (C=O) groups excluding carboxylic acids is 2. The van der Waals surface area contributed by atoms with Gasteiger partial charge in [-0.1, -0.05) is 66.7 Å². The fraction of sp³-hybridized carbons (Fsp3) is 0.222. The highest BCUT2D eigenvalue weighted by Gasteiger charge is 2.36. The summed E-state index contributed by atoms with van der Waals surface area (Å²) < 4.78 is 0. The summed E-state index contributed by atoms with van der Waals surface area (Å²) in [5.74, 6) is -3.06. The Labute approximate surface area is 192 Å². The Bertz CT molecular complexity index is 1120. The highest BCUT2D eigenvalue weighted by atomic mass is 16.4. The number of aryl methyl sites for hydroxylation is 1. The quantitative estimate of drug-likeness (QED) is 0.487. The van der Waals surface area contributed by atoms with Gasteiger partial charge in [-0.3, -0.25) is 19.3 Å². The third kappa shape index (κ3) is 4.86. The van der Waals surface area contributed by atoms with Crippen LogP contribution in [0.25, 0.3) is 11.1 Å². The molecule has 0 unspecified atom stereocenters. The third-order valence-corrected chi connectivity index (χ3v) is 6.11. The Kier molecular flexibility index (Phi) is 6.66. The van der Waals surface area contributed by atoms with E-state index in [-0.39, 0.29) is 19.4 Å². The molecule has 0 spiro atoms. The van der Waals surface area contributed by atoms with Gasteiger partial charge in [0.2, 0.25) is 0 Å². The Morgan fingerprint density at radius 3 is 1.88 bits per heavy atom.